The number of fused-ring (bicyclic) bond motifs is 1. The summed E-state index contributed by atoms with van der Waals surface area (Å²) in [4.78, 5) is 29.9. The first kappa shape index (κ1) is 21.6. The molecule has 2 saturated heterocycles. The van der Waals surface area contributed by atoms with Crippen LogP contribution in [0, 0.1) is 0 Å². The number of benzene rings is 1. The Morgan fingerprint density at radius 3 is 2.69 bits per heavy atom. The Balaban J connectivity index is 1.81. The van der Waals surface area contributed by atoms with Crippen LogP contribution in [0.5, 0.6) is 0 Å². The smallest absolute Gasteiger partial charge is 0.254 e. The van der Waals surface area contributed by atoms with Gasteiger partial charge in [0.25, 0.3) is 5.91 Å². The third-order valence-electron chi connectivity index (χ3n) is 5.46. The van der Waals surface area contributed by atoms with Crippen LogP contribution in [0.3, 0.4) is 0 Å². The lowest BCUT2D eigenvalue weighted by Crippen LogP contribution is -2.51. The molecule has 2 fully saturated rings. The Kier molecular flexibility index (Phi) is 6.49. The maximum Gasteiger partial charge on any atom is 0.254 e. The van der Waals surface area contributed by atoms with E-state index in [2.05, 4.69) is 12.2 Å². The summed E-state index contributed by atoms with van der Waals surface area (Å²) in [5.41, 5.74) is 1.49. The zero-order chi connectivity index (χ0) is 21.2. The van der Waals surface area contributed by atoms with Gasteiger partial charge in [-0.25, -0.2) is 0 Å². The van der Waals surface area contributed by atoms with Gasteiger partial charge in [0.05, 0.1) is 6.54 Å². The van der Waals surface area contributed by atoms with Crippen molar-refractivity contribution in [3.63, 3.8) is 0 Å². The zero-order valence-corrected chi connectivity index (χ0v) is 18.1. The maximum atomic E-state index is 13.3. The third-order valence-corrected chi connectivity index (χ3v) is 5.46. The van der Waals surface area contributed by atoms with Crippen molar-refractivity contribution in [2.75, 3.05) is 32.1 Å². The first-order valence-electron chi connectivity index (χ1n) is 10.4. The van der Waals surface area contributed by atoms with Gasteiger partial charge in [0.2, 0.25) is 5.91 Å². The molecular weight excluding hydrogens is 370 g/mol. The van der Waals surface area contributed by atoms with Crippen molar-refractivity contribution in [2.45, 2.75) is 64.1 Å². The Labute approximate surface area is 173 Å². The highest BCUT2D eigenvalue weighted by atomic mass is 16.8. The molecule has 1 N–H and O–H groups in total. The molecule has 0 aromatic heterocycles. The summed E-state index contributed by atoms with van der Waals surface area (Å²) >= 11 is 0. The second-order valence-corrected chi connectivity index (χ2v) is 8.48. The molecule has 2 aliphatic rings. The minimum Gasteiger partial charge on any atom is -0.378 e. The van der Waals surface area contributed by atoms with Gasteiger partial charge in [0, 0.05) is 31.9 Å². The molecule has 0 aliphatic carbocycles. The normalized spacial score (nSPS) is 25.0. The molecule has 0 spiro atoms. The van der Waals surface area contributed by atoms with Gasteiger partial charge in [0.15, 0.2) is 5.79 Å². The summed E-state index contributed by atoms with van der Waals surface area (Å²) in [6.07, 6.45) is 2.30. The summed E-state index contributed by atoms with van der Waals surface area (Å²) in [5, 5.41) is 2.99. The van der Waals surface area contributed by atoms with Gasteiger partial charge in [-0.05, 0) is 38.5 Å². The number of carbonyl (C=O) groups excluding carboxylic acids is 2. The van der Waals surface area contributed by atoms with Crippen molar-refractivity contribution in [1.29, 1.82) is 0 Å². The Morgan fingerprint density at radius 2 is 2.00 bits per heavy atom. The first-order valence-corrected chi connectivity index (χ1v) is 10.4. The molecule has 0 unspecified atom stereocenters. The van der Waals surface area contributed by atoms with E-state index in [4.69, 9.17) is 9.47 Å². The molecule has 7 heteroatoms. The fourth-order valence-corrected chi connectivity index (χ4v) is 4.03. The molecule has 2 aliphatic heterocycles. The lowest BCUT2D eigenvalue weighted by Gasteiger charge is -2.29. The third kappa shape index (κ3) is 4.73. The van der Waals surface area contributed by atoms with E-state index in [1.54, 1.807) is 11.0 Å². The topological polar surface area (TPSA) is 71.1 Å². The average molecular weight is 404 g/mol. The number of rotatable bonds is 7. The molecule has 1 aromatic rings. The minimum absolute atomic E-state index is 0.174. The number of nitrogens with one attached hydrogen (secondary N) is 1. The molecule has 2 heterocycles. The standard InChI is InChI=1S/C22H33N3O4/c1-6-7-8-12-23-20(26)18-19-17(28-22(2,3)29-19)14-25(18)21(27)15-10-9-11-16(13-15)24(4)5/h9-11,13,17-19H,6-8,12,14H2,1-5H3,(H,23,26)/t17-,18-,19-/m0/s1. The molecule has 2 amide bonds. The van der Waals surface area contributed by atoms with Crippen LogP contribution in [-0.2, 0) is 14.3 Å². The van der Waals surface area contributed by atoms with Gasteiger partial charge in [-0.15, -0.1) is 0 Å². The van der Waals surface area contributed by atoms with Gasteiger partial charge in [-0.3, -0.25) is 9.59 Å². The largest absolute Gasteiger partial charge is 0.378 e. The summed E-state index contributed by atoms with van der Waals surface area (Å²) in [6.45, 7) is 6.75. The van der Waals surface area contributed by atoms with Crippen LogP contribution in [-0.4, -0.2) is 67.9 Å². The lowest BCUT2D eigenvalue weighted by atomic mass is 10.1. The van der Waals surface area contributed by atoms with E-state index in [0.717, 1.165) is 24.9 Å². The molecule has 160 valence electrons. The number of hydrogen-bond donors (Lipinski definition) is 1. The lowest BCUT2D eigenvalue weighted by molar-refractivity contribution is -0.162. The molecule has 3 rings (SSSR count). The zero-order valence-electron chi connectivity index (χ0n) is 18.1. The van der Waals surface area contributed by atoms with Crippen LogP contribution in [0.2, 0.25) is 0 Å². The Hall–Kier alpha value is -2.12. The van der Waals surface area contributed by atoms with Gasteiger partial charge < -0.3 is 24.6 Å². The highest BCUT2D eigenvalue weighted by Crippen LogP contribution is 2.37. The van der Waals surface area contributed by atoms with Gasteiger partial charge >= 0.3 is 0 Å². The van der Waals surface area contributed by atoms with Crippen molar-refractivity contribution in [1.82, 2.24) is 10.2 Å². The molecule has 0 bridgehead atoms. The van der Waals surface area contributed by atoms with Crippen molar-refractivity contribution >= 4 is 17.5 Å². The van der Waals surface area contributed by atoms with Crippen LogP contribution >= 0.6 is 0 Å². The summed E-state index contributed by atoms with van der Waals surface area (Å²) in [7, 11) is 3.86. The highest BCUT2D eigenvalue weighted by Gasteiger charge is 2.56. The number of ether oxygens (including phenoxy) is 2. The molecule has 3 atom stereocenters. The van der Waals surface area contributed by atoms with Crippen molar-refractivity contribution < 1.29 is 19.1 Å². The van der Waals surface area contributed by atoms with E-state index in [1.807, 2.05) is 51.0 Å². The van der Waals surface area contributed by atoms with Crippen molar-refractivity contribution in [3.05, 3.63) is 29.8 Å². The summed E-state index contributed by atoms with van der Waals surface area (Å²) in [6, 6.07) is 6.74. The number of likely N-dealkylation sites (tertiary alicyclic amines) is 1. The Morgan fingerprint density at radius 1 is 1.24 bits per heavy atom. The van der Waals surface area contributed by atoms with Crippen LogP contribution in [0.15, 0.2) is 24.3 Å². The van der Waals surface area contributed by atoms with Gasteiger partial charge in [0.1, 0.15) is 18.2 Å². The van der Waals surface area contributed by atoms with Crippen LogP contribution in [0.25, 0.3) is 0 Å². The van der Waals surface area contributed by atoms with E-state index in [9.17, 15) is 9.59 Å². The second-order valence-electron chi connectivity index (χ2n) is 8.48. The van der Waals surface area contributed by atoms with Crippen molar-refractivity contribution in [2.24, 2.45) is 0 Å². The predicted octanol–water partition coefficient (Wildman–Crippen LogP) is 2.40. The van der Waals surface area contributed by atoms with E-state index < -0.39 is 17.9 Å². The fourth-order valence-electron chi connectivity index (χ4n) is 4.03. The molecular formula is C22H33N3O4. The maximum absolute atomic E-state index is 13.3. The number of amides is 2. The number of nitrogens with zero attached hydrogens (tertiary/aromatic N) is 2. The predicted molar refractivity (Wildman–Crippen MR) is 112 cm³/mol. The Bertz CT molecular complexity index is 749. The number of carbonyl (C=O) groups is 2. The SMILES string of the molecule is CCCCCNC(=O)[C@@H]1[C@H]2OC(C)(C)O[C@H]2CN1C(=O)c1cccc(N(C)C)c1. The van der Waals surface area contributed by atoms with Crippen LogP contribution in [0.4, 0.5) is 5.69 Å². The first-order chi connectivity index (χ1) is 13.7. The van der Waals surface area contributed by atoms with E-state index in [1.165, 1.54) is 0 Å². The van der Waals surface area contributed by atoms with Gasteiger partial charge in [-0.1, -0.05) is 25.8 Å². The van der Waals surface area contributed by atoms with Crippen molar-refractivity contribution in [3.8, 4) is 0 Å². The molecule has 29 heavy (non-hydrogen) atoms. The fraction of sp³-hybridized carbons (Fsp3) is 0.636. The number of hydrogen-bond acceptors (Lipinski definition) is 5. The quantitative estimate of drug-likeness (QED) is 0.708. The monoisotopic (exact) mass is 403 g/mol. The minimum atomic E-state index is -0.754. The summed E-state index contributed by atoms with van der Waals surface area (Å²) in [5.74, 6) is -1.11. The second kappa shape index (κ2) is 8.71. The van der Waals surface area contributed by atoms with E-state index in [0.29, 0.717) is 18.7 Å². The number of unbranched alkanes of at least 4 members (excludes halogenated alkanes) is 2. The number of anilines is 1. The van der Waals surface area contributed by atoms with Crippen LogP contribution in [0.1, 0.15) is 50.4 Å². The van der Waals surface area contributed by atoms with Crippen LogP contribution < -0.4 is 10.2 Å². The molecule has 0 radical (unpaired) electrons. The molecule has 7 nitrogen and oxygen atoms in total. The molecule has 1 aromatic carbocycles. The van der Waals surface area contributed by atoms with E-state index >= 15 is 0 Å². The average Bonchev–Trinajstić information content (AvgIpc) is 3.16. The highest BCUT2D eigenvalue weighted by molar-refractivity contribution is 5.99. The summed E-state index contributed by atoms with van der Waals surface area (Å²) < 4.78 is 12.0. The molecule has 0 saturated carbocycles. The van der Waals surface area contributed by atoms with Gasteiger partial charge in [-0.2, -0.15) is 0 Å². The van der Waals surface area contributed by atoms with E-state index in [-0.39, 0.29) is 17.9 Å².